The molecule has 2 aromatic rings. The normalized spacial score (nSPS) is 13.1. The number of carbonyl (C=O) groups excluding carboxylic acids is 1. The summed E-state index contributed by atoms with van der Waals surface area (Å²) >= 11 is 0. The smallest absolute Gasteiger partial charge is 0.319 e. The average Bonchev–Trinajstić information content (AvgIpc) is 2.55. The van der Waals surface area contributed by atoms with Gasteiger partial charge in [-0.2, -0.15) is 0 Å². The second-order valence-corrected chi connectivity index (χ2v) is 8.53. The molecule has 1 aromatic carbocycles. The van der Waals surface area contributed by atoms with E-state index in [2.05, 4.69) is 29.5 Å². The lowest BCUT2D eigenvalue weighted by molar-refractivity contribution is 0.242. The molecule has 2 N–H and O–H groups in total. The van der Waals surface area contributed by atoms with Crippen LogP contribution in [0.5, 0.6) is 0 Å². The van der Waals surface area contributed by atoms with Crippen molar-refractivity contribution in [1.82, 2.24) is 10.3 Å². The number of aromatic nitrogens is 1. The van der Waals surface area contributed by atoms with Crippen LogP contribution in [0.2, 0.25) is 0 Å². The van der Waals surface area contributed by atoms with Crippen molar-refractivity contribution in [2.24, 2.45) is 0 Å². The zero-order valence-corrected chi connectivity index (χ0v) is 15.6. The summed E-state index contributed by atoms with van der Waals surface area (Å²) in [5, 5.41) is 5.55. The summed E-state index contributed by atoms with van der Waals surface area (Å²) in [6.07, 6.45) is 2.41. The maximum Gasteiger partial charge on any atom is 0.319 e. The van der Waals surface area contributed by atoms with Gasteiger partial charge in [-0.15, -0.1) is 0 Å². The van der Waals surface area contributed by atoms with Crippen LogP contribution in [0.15, 0.2) is 53.7 Å². The molecule has 0 aliphatic carbocycles. The molecule has 0 radical (unpaired) electrons. The maximum absolute atomic E-state index is 12.2. The third kappa shape index (κ3) is 4.79. The van der Waals surface area contributed by atoms with Gasteiger partial charge in [0.2, 0.25) is 0 Å². The Hall–Kier alpha value is -2.41. The first-order chi connectivity index (χ1) is 11.6. The number of nitrogens with one attached hydrogen (secondary N) is 2. The van der Waals surface area contributed by atoms with E-state index in [1.807, 2.05) is 37.3 Å². The van der Waals surface area contributed by atoms with Gasteiger partial charge < -0.3 is 10.6 Å². The quantitative estimate of drug-likeness (QED) is 0.857. The number of hydrogen-bond acceptors (Lipinski definition) is 4. The van der Waals surface area contributed by atoms with Gasteiger partial charge in [0, 0.05) is 17.7 Å². The Kier molecular flexibility index (Phi) is 5.47. The number of amides is 2. The summed E-state index contributed by atoms with van der Waals surface area (Å²) in [7, 11) is -3.36. The number of nitrogens with zero attached hydrogens (tertiary/aromatic N) is 1. The Bertz CT molecular complexity index is 832. The summed E-state index contributed by atoms with van der Waals surface area (Å²) in [5.74, 6) is 0. The van der Waals surface area contributed by atoms with E-state index in [0.29, 0.717) is 5.69 Å². The molecule has 134 valence electrons. The Labute approximate surface area is 148 Å². The van der Waals surface area contributed by atoms with Gasteiger partial charge in [-0.25, -0.2) is 18.2 Å². The van der Waals surface area contributed by atoms with Crippen molar-refractivity contribution in [2.45, 2.75) is 37.3 Å². The molecule has 0 spiro atoms. The van der Waals surface area contributed by atoms with Gasteiger partial charge in [-0.1, -0.05) is 44.2 Å². The molecule has 2 amide bonds. The van der Waals surface area contributed by atoms with Crippen molar-refractivity contribution in [3.63, 3.8) is 0 Å². The van der Waals surface area contributed by atoms with Gasteiger partial charge >= 0.3 is 6.03 Å². The number of sulfone groups is 1. The van der Waals surface area contributed by atoms with Crippen molar-refractivity contribution in [1.29, 1.82) is 0 Å². The molecular weight excluding hydrogens is 338 g/mol. The molecule has 7 heteroatoms. The van der Waals surface area contributed by atoms with Crippen LogP contribution in [-0.4, -0.2) is 31.7 Å². The Morgan fingerprint density at radius 2 is 1.76 bits per heavy atom. The number of anilines is 1. The Morgan fingerprint density at radius 1 is 1.12 bits per heavy atom. The lowest BCUT2D eigenvalue weighted by Gasteiger charge is -2.33. The first-order valence-corrected chi connectivity index (χ1v) is 9.79. The van der Waals surface area contributed by atoms with Gasteiger partial charge in [0.15, 0.2) is 14.9 Å². The van der Waals surface area contributed by atoms with Gasteiger partial charge in [-0.3, -0.25) is 0 Å². The number of urea groups is 1. The van der Waals surface area contributed by atoms with E-state index in [4.69, 9.17) is 0 Å². The van der Waals surface area contributed by atoms with Crippen LogP contribution in [0.3, 0.4) is 0 Å². The summed E-state index contributed by atoms with van der Waals surface area (Å²) in [5.41, 5.74) is 1.30. The highest BCUT2D eigenvalue weighted by molar-refractivity contribution is 7.90. The number of benzene rings is 1. The molecule has 1 heterocycles. The minimum absolute atomic E-state index is 0.0305. The monoisotopic (exact) mass is 361 g/mol. The predicted octanol–water partition coefficient (Wildman–Crippen LogP) is 2.97. The van der Waals surface area contributed by atoms with Crippen LogP contribution >= 0.6 is 0 Å². The number of rotatable bonds is 5. The van der Waals surface area contributed by atoms with Crippen molar-refractivity contribution < 1.29 is 13.2 Å². The van der Waals surface area contributed by atoms with E-state index in [9.17, 15) is 13.2 Å². The molecule has 1 aromatic heterocycles. The zero-order chi connectivity index (χ0) is 18.7. The standard InChI is InChI=1S/C18H23N3O3S/c1-13(18(2,3)14-8-6-5-7-9-14)20-17(22)21-15-10-11-16(19-12-15)25(4,23)24/h5-13H,1-4H3,(H2,20,21,22). The molecule has 1 atom stereocenters. The topological polar surface area (TPSA) is 88.2 Å². The minimum atomic E-state index is -3.36. The van der Waals surface area contributed by atoms with E-state index < -0.39 is 9.84 Å². The van der Waals surface area contributed by atoms with Crippen molar-refractivity contribution in [2.75, 3.05) is 11.6 Å². The molecule has 6 nitrogen and oxygen atoms in total. The van der Waals surface area contributed by atoms with E-state index in [-0.39, 0.29) is 22.5 Å². The highest BCUT2D eigenvalue weighted by Gasteiger charge is 2.29. The third-order valence-electron chi connectivity index (χ3n) is 4.32. The van der Waals surface area contributed by atoms with Crippen LogP contribution in [0, 0.1) is 0 Å². The van der Waals surface area contributed by atoms with Crippen molar-refractivity contribution in [3.8, 4) is 0 Å². The molecular formula is C18H23N3O3S. The fraction of sp³-hybridized carbons (Fsp3) is 0.333. The number of pyridine rings is 1. The molecule has 0 aliphatic rings. The van der Waals surface area contributed by atoms with Crippen molar-refractivity contribution >= 4 is 21.6 Å². The molecule has 0 fully saturated rings. The largest absolute Gasteiger partial charge is 0.335 e. The molecule has 0 aliphatic heterocycles. The lowest BCUT2D eigenvalue weighted by Crippen LogP contribution is -2.47. The average molecular weight is 361 g/mol. The van der Waals surface area contributed by atoms with Gasteiger partial charge in [0.1, 0.15) is 0 Å². The second kappa shape index (κ2) is 7.23. The van der Waals surface area contributed by atoms with Gasteiger partial charge in [0.25, 0.3) is 0 Å². The third-order valence-corrected chi connectivity index (χ3v) is 5.32. The Balaban J connectivity index is 2.02. The molecule has 2 rings (SSSR count). The predicted molar refractivity (Wildman–Crippen MR) is 98.4 cm³/mol. The fourth-order valence-electron chi connectivity index (χ4n) is 2.34. The molecule has 0 bridgehead atoms. The summed E-state index contributed by atoms with van der Waals surface area (Å²) < 4.78 is 22.8. The highest BCUT2D eigenvalue weighted by atomic mass is 32.2. The summed E-state index contributed by atoms with van der Waals surface area (Å²) in [6.45, 7) is 6.07. The van der Waals surface area contributed by atoms with E-state index >= 15 is 0 Å². The van der Waals surface area contributed by atoms with Crippen LogP contribution in [0.1, 0.15) is 26.3 Å². The Morgan fingerprint density at radius 3 is 2.28 bits per heavy atom. The molecule has 1 unspecified atom stereocenters. The summed E-state index contributed by atoms with van der Waals surface area (Å²) in [6, 6.07) is 12.3. The highest BCUT2D eigenvalue weighted by Crippen LogP contribution is 2.26. The molecule has 0 saturated heterocycles. The van der Waals surface area contributed by atoms with Crippen LogP contribution in [-0.2, 0) is 15.3 Å². The van der Waals surface area contributed by atoms with E-state index in [1.165, 1.54) is 18.3 Å². The van der Waals surface area contributed by atoms with Crippen LogP contribution in [0.25, 0.3) is 0 Å². The van der Waals surface area contributed by atoms with Crippen LogP contribution in [0.4, 0.5) is 10.5 Å². The van der Waals surface area contributed by atoms with Gasteiger partial charge in [0.05, 0.1) is 11.9 Å². The van der Waals surface area contributed by atoms with Crippen molar-refractivity contribution in [3.05, 3.63) is 54.2 Å². The maximum atomic E-state index is 12.2. The van der Waals surface area contributed by atoms with Crippen LogP contribution < -0.4 is 10.6 Å². The van der Waals surface area contributed by atoms with E-state index in [0.717, 1.165) is 11.8 Å². The first kappa shape index (κ1) is 18.9. The molecule has 0 saturated carbocycles. The van der Waals surface area contributed by atoms with Gasteiger partial charge in [-0.05, 0) is 24.6 Å². The first-order valence-electron chi connectivity index (χ1n) is 7.90. The molecule has 25 heavy (non-hydrogen) atoms. The SMILES string of the molecule is CC(NC(=O)Nc1ccc(S(C)(=O)=O)nc1)C(C)(C)c1ccccc1. The zero-order valence-electron chi connectivity index (χ0n) is 14.8. The minimum Gasteiger partial charge on any atom is -0.335 e. The number of carbonyl (C=O) groups is 1. The van der Waals surface area contributed by atoms with E-state index in [1.54, 1.807) is 0 Å². The number of hydrogen-bond donors (Lipinski definition) is 2. The fourth-order valence-corrected chi connectivity index (χ4v) is 2.89. The second-order valence-electron chi connectivity index (χ2n) is 6.57. The summed E-state index contributed by atoms with van der Waals surface area (Å²) in [4.78, 5) is 16.1. The lowest BCUT2D eigenvalue weighted by atomic mass is 9.78.